The fourth-order valence-corrected chi connectivity index (χ4v) is 5.03. The summed E-state index contributed by atoms with van der Waals surface area (Å²) in [6.45, 7) is 2.74. The van der Waals surface area contributed by atoms with Gasteiger partial charge in [0, 0.05) is 24.9 Å². The molecule has 1 saturated heterocycles. The number of ether oxygens (including phenoxy) is 1. The van der Waals surface area contributed by atoms with E-state index in [0.717, 1.165) is 24.8 Å². The van der Waals surface area contributed by atoms with E-state index >= 15 is 0 Å². The highest BCUT2D eigenvalue weighted by atomic mass is 32.2. The molecular formula is C22H25FN2O4S. The van der Waals surface area contributed by atoms with Gasteiger partial charge in [-0.2, -0.15) is 4.31 Å². The number of piperidine rings is 1. The van der Waals surface area contributed by atoms with Crippen molar-refractivity contribution >= 4 is 27.7 Å². The van der Waals surface area contributed by atoms with Gasteiger partial charge in [0.15, 0.2) is 0 Å². The lowest BCUT2D eigenvalue weighted by atomic mass is 10.2. The van der Waals surface area contributed by atoms with Crippen molar-refractivity contribution in [1.82, 2.24) is 4.31 Å². The maximum Gasteiger partial charge on any atom is 0.248 e. The first-order valence-electron chi connectivity index (χ1n) is 9.74. The van der Waals surface area contributed by atoms with E-state index in [9.17, 15) is 17.6 Å². The second-order valence-corrected chi connectivity index (χ2v) is 9.06. The summed E-state index contributed by atoms with van der Waals surface area (Å²) in [5, 5.41) is 2.62. The molecule has 0 saturated carbocycles. The molecule has 1 N–H and O–H groups in total. The number of nitrogens with zero attached hydrogens (tertiary/aromatic N) is 1. The van der Waals surface area contributed by atoms with Crippen LogP contribution in [0.25, 0.3) is 6.08 Å². The smallest absolute Gasteiger partial charge is 0.248 e. The average molecular weight is 433 g/mol. The van der Waals surface area contributed by atoms with Crippen LogP contribution in [0.4, 0.5) is 10.1 Å². The van der Waals surface area contributed by atoms with Gasteiger partial charge in [-0.15, -0.1) is 0 Å². The van der Waals surface area contributed by atoms with Gasteiger partial charge in [0.05, 0.1) is 7.11 Å². The maximum absolute atomic E-state index is 13.4. The van der Waals surface area contributed by atoms with Crippen molar-refractivity contribution in [3.05, 3.63) is 59.4 Å². The SMILES string of the molecule is COc1ccc(/C=C/C(=O)Nc2cc(F)ccc2C)cc1S(=O)(=O)N1CCCCC1. The van der Waals surface area contributed by atoms with E-state index in [1.165, 1.54) is 41.8 Å². The Morgan fingerprint density at radius 2 is 1.87 bits per heavy atom. The molecule has 1 heterocycles. The lowest BCUT2D eigenvalue weighted by Crippen LogP contribution is -2.35. The van der Waals surface area contributed by atoms with Crippen molar-refractivity contribution < 1.29 is 22.3 Å². The number of anilines is 1. The summed E-state index contributed by atoms with van der Waals surface area (Å²) < 4.78 is 46.3. The number of methoxy groups -OCH3 is 1. The van der Waals surface area contributed by atoms with Gasteiger partial charge in [-0.3, -0.25) is 4.79 Å². The number of sulfonamides is 1. The number of rotatable bonds is 6. The van der Waals surface area contributed by atoms with Crippen molar-refractivity contribution in [2.75, 3.05) is 25.5 Å². The number of carbonyl (C=O) groups excluding carboxylic acids is 1. The topological polar surface area (TPSA) is 75.7 Å². The summed E-state index contributed by atoms with van der Waals surface area (Å²) in [6, 6.07) is 8.90. The van der Waals surface area contributed by atoms with Gasteiger partial charge >= 0.3 is 0 Å². The van der Waals surface area contributed by atoms with Gasteiger partial charge in [0.2, 0.25) is 15.9 Å². The zero-order chi connectivity index (χ0) is 21.7. The Morgan fingerprint density at radius 3 is 2.57 bits per heavy atom. The molecule has 30 heavy (non-hydrogen) atoms. The molecular weight excluding hydrogens is 407 g/mol. The highest BCUT2D eigenvalue weighted by Gasteiger charge is 2.29. The largest absolute Gasteiger partial charge is 0.495 e. The molecule has 0 atom stereocenters. The maximum atomic E-state index is 13.4. The van der Waals surface area contributed by atoms with Gasteiger partial charge in [-0.25, -0.2) is 12.8 Å². The Labute approximate surface area is 176 Å². The summed E-state index contributed by atoms with van der Waals surface area (Å²) in [4.78, 5) is 12.3. The number of nitrogens with one attached hydrogen (secondary N) is 1. The Hall–Kier alpha value is -2.71. The van der Waals surface area contributed by atoms with Crippen LogP contribution < -0.4 is 10.1 Å². The minimum Gasteiger partial charge on any atom is -0.495 e. The molecule has 1 fully saturated rings. The predicted octanol–water partition coefficient (Wildman–Crippen LogP) is 3.97. The molecule has 1 amide bonds. The minimum atomic E-state index is -3.69. The molecule has 0 bridgehead atoms. The Balaban J connectivity index is 1.82. The van der Waals surface area contributed by atoms with Crippen molar-refractivity contribution in [3.63, 3.8) is 0 Å². The quantitative estimate of drug-likeness (QED) is 0.701. The number of amides is 1. The minimum absolute atomic E-state index is 0.0791. The van der Waals surface area contributed by atoms with Gasteiger partial charge in [-0.05, 0) is 61.2 Å². The monoisotopic (exact) mass is 432 g/mol. The van der Waals surface area contributed by atoms with Gasteiger partial charge in [0.25, 0.3) is 0 Å². The van der Waals surface area contributed by atoms with Crippen LogP contribution in [-0.4, -0.2) is 38.8 Å². The standard InChI is InChI=1S/C22H25FN2O4S/c1-16-6-9-18(23)15-19(16)24-22(26)11-8-17-7-10-20(29-2)21(14-17)30(27,28)25-12-4-3-5-13-25/h6-11,14-15H,3-5,12-13H2,1-2H3,(H,24,26)/b11-8+. The second-order valence-electron chi connectivity index (χ2n) is 7.16. The highest BCUT2D eigenvalue weighted by Crippen LogP contribution is 2.30. The number of hydrogen-bond donors (Lipinski definition) is 1. The molecule has 1 aliphatic rings. The first kappa shape index (κ1) is 22.0. The molecule has 2 aromatic rings. The van der Waals surface area contributed by atoms with Crippen molar-refractivity contribution in [1.29, 1.82) is 0 Å². The number of halogens is 1. The molecule has 0 aliphatic carbocycles. The van der Waals surface area contributed by atoms with Crippen molar-refractivity contribution in [2.24, 2.45) is 0 Å². The zero-order valence-electron chi connectivity index (χ0n) is 17.0. The third-order valence-electron chi connectivity index (χ3n) is 5.01. The molecule has 3 rings (SSSR count). The summed E-state index contributed by atoms with van der Waals surface area (Å²) in [5.41, 5.74) is 1.66. The molecule has 0 aromatic heterocycles. The van der Waals surface area contributed by atoms with Crippen LogP contribution >= 0.6 is 0 Å². The van der Waals surface area contributed by atoms with E-state index < -0.39 is 21.7 Å². The van der Waals surface area contributed by atoms with Gasteiger partial charge in [0.1, 0.15) is 16.5 Å². The van der Waals surface area contributed by atoms with E-state index in [4.69, 9.17) is 4.74 Å². The molecule has 8 heteroatoms. The van der Waals surface area contributed by atoms with Crippen LogP contribution in [-0.2, 0) is 14.8 Å². The van der Waals surface area contributed by atoms with Crippen LogP contribution in [0.5, 0.6) is 5.75 Å². The van der Waals surface area contributed by atoms with Gasteiger partial charge in [-0.1, -0.05) is 18.6 Å². The molecule has 0 spiro atoms. The van der Waals surface area contributed by atoms with E-state index in [0.29, 0.717) is 24.3 Å². The Morgan fingerprint density at radius 1 is 1.13 bits per heavy atom. The molecule has 0 radical (unpaired) electrons. The summed E-state index contributed by atoms with van der Waals surface area (Å²) in [6.07, 6.45) is 5.48. The molecule has 160 valence electrons. The number of carbonyl (C=O) groups is 1. The van der Waals surface area contributed by atoms with Crippen molar-refractivity contribution in [2.45, 2.75) is 31.1 Å². The molecule has 2 aromatic carbocycles. The predicted molar refractivity (Wildman–Crippen MR) is 114 cm³/mol. The van der Waals surface area contributed by atoms with Crippen LogP contribution in [0, 0.1) is 12.7 Å². The molecule has 1 aliphatic heterocycles. The zero-order valence-corrected chi connectivity index (χ0v) is 17.8. The van der Waals surface area contributed by atoms with Crippen LogP contribution in [0.2, 0.25) is 0 Å². The summed E-state index contributed by atoms with van der Waals surface area (Å²) in [7, 11) is -2.27. The van der Waals surface area contributed by atoms with Crippen LogP contribution in [0.3, 0.4) is 0 Å². The van der Waals surface area contributed by atoms with E-state index in [1.54, 1.807) is 25.1 Å². The number of aryl methyl sites for hydroxylation is 1. The van der Waals surface area contributed by atoms with Crippen LogP contribution in [0.1, 0.15) is 30.4 Å². The fraction of sp³-hybridized carbons (Fsp3) is 0.318. The van der Waals surface area contributed by atoms with E-state index in [-0.39, 0.29) is 10.6 Å². The van der Waals surface area contributed by atoms with Crippen LogP contribution in [0.15, 0.2) is 47.4 Å². The second kappa shape index (κ2) is 9.40. The lowest BCUT2D eigenvalue weighted by Gasteiger charge is -2.26. The summed E-state index contributed by atoms with van der Waals surface area (Å²) >= 11 is 0. The molecule has 0 unspecified atom stereocenters. The average Bonchev–Trinajstić information content (AvgIpc) is 2.75. The third kappa shape index (κ3) is 5.06. The Bertz CT molecular complexity index is 1060. The number of benzene rings is 2. The summed E-state index contributed by atoms with van der Waals surface area (Å²) in [5.74, 6) is -0.625. The third-order valence-corrected chi connectivity index (χ3v) is 6.93. The van der Waals surface area contributed by atoms with Crippen molar-refractivity contribution in [3.8, 4) is 5.75 Å². The normalized spacial score (nSPS) is 15.3. The highest BCUT2D eigenvalue weighted by molar-refractivity contribution is 7.89. The lowest BCUT2D eigenvalue weighted by molar-refractivity contribution is -0.111. The Kier molecular flexibility index (Phi) is 6.89. The van der Waals surface area contributed by atoms with E-state index in [2.05, 4.69) is 5.32 Å². The number of hydrogen-bond acceptors (Lipinski definition) is 4. The molecule has 6 nitrogen and oxygen atoms in total. The van der Waals surface area contributed by atoms with E-state index in [1.807, 2.05) is 0 Å². The van der Waals surface area contributed by atoms with Gasteiger partial charge < -0.3 is 10.1 Å². The first-order chi connectivity index (χ1) is 14.3. The fourth-order valence-electron chi connectivity index (χ4n) is 3.32. The first-order valence-corrected chi connectivity index (χ1v) is 11.2.